The van der Waals surface area contributed by atoms with Crippen LogP contribution in [-0.4, -0.2) is 21.3 Å². The molecule has 0 bridgehead atoms. The van der Waals surface area contributed by atoms with Crippen LogP contribution in [0.5, 0.6) is 17.2 Å². The molecule has 0 spiro atoms. The minimum atomic E-state index is 0.645. The number of ether oxygens (including phenoxy) is 3. The third-order valence-electron chi connectivity index (χ3n) is 1.79. The van der Waals surface area contributed by atoms with Crippen molar-refractivity contribution in [2.75, 3.05) is 21.3 Å². The maximum absolute atomic E-state index is 5.10. The van der Waals surface area contributed by atoms with Crippen LogP contribution in [0.4, 0.5) is 0 Å². The van der Waals surface area contributed by atoms with Gasteiger partial charge in [0, 0.05) is 6.07 Å². The van der Waals surface area contributed by atoms with E-state index in [4.69, 9.17) is 14.2 Å². The fourth-order valence-electron chi connectivity index (χ4n) is 1.09. The van der Waals surface area contributed by atoms with E-state index in [9.17, 15) is 0 Å². The summed E-state index contributed by atoms with van der Waals surface area (Å²) in [6.45, 7) is 3.81. The normalized spacial score (nSPS) is 9.54. The third-order valence-corrected chi connectivity index (χ3v) is 1.79. The summed E-state index contributed by atoms with van der Waals surface area (Å²) < 4.78 is 15.3. The lowest BCUT2D eigenvalue weighted by Crippen LogP contribution is -1.94. The van der Waals surface area contributed by atoms with Gasteiger partial charge >= 0.3 is 0 Å². The molecule has 0 N–H and O–H groups in total. The van der Waals surface area contributed by atoms with E-state index < -0.39 is 0 Å². The number of hydrogen-bond acceptors (Lipinski definition) is 3. The Morgan fingerprint density at radius 3 is 1.77 bits per heavy atom. The molecule has 0 amide bonds. The Kier molecular flexibility index (Phi) is 3.01. The van der Waals surface area contributed by atoms with Crippen LogP contribution in [0.1, 0.15) is 5.56 Å². The molecule has 1 radical (unpaired) electrons. The van der Waals surface area contributed by atoms with Gasteiger partial charge in [0.2, 0.25) is 0 Å². The van der Waals surface area contributed by atoms with E-state index in [1.165, 1.54) is 0 Å². The van der Waals surface area contributed by atoms with Crippen molar-refractivity contribution in [2.24, 2.45) is 0 Å². The zero-order valence-electron chi connectivity index (χ0n) is 8.09. The highest BCUT2D eigenvalue weighted by Gasteiger charge is 2.07. The van der Waals surface area contributed by atoms with Crippen molar-refractivity contribution in [3.05, 3.63) is 24.6 Å². The SMILES string of the molecule is [CH2]c1cc(OC)c(OC)cc1OC. The van der Waals surface area contributed by atoms with Crippen molar-refractivity contribution in [3.8, 4) is 17.2 Å². The zero-order chi connectivity index (χ0) is 9.84. The van der Waals surface area contributed by atoms with Crippen LogP contribution >= 0.6 is 0 Å². The second-order valence-electron chi connectivity index (χ2n) is 2.52. The third kappa shape index (κ3) is 1.86. The van der Waals surface area contributed by atoms with Crippen LogP contribution in [0, 0.1) is 6.92 Å². The minimum Gasteiger partial charge on any atom is -0.496 e. The number of methoxy groups -OCH3 is 3. The molecule has 0 aliphatic carbocycles. The van der Waals surface area contributed by atoms with Gasteiger partial charge in [-0.25, -0.2) is 0 Å². The van der Waals surface area contributed by atoms with Crippen molar-refractivity contribution in [3.63, 3.8) is 0 Å². The molecule has 0 atom stereocenters. The summed E-state index contributed by atoms with van der Waals surface area (Å²) in [5.74, 6) is 2.00. The van der Waals surface area contributed by atoms with Crippen LogP contribution in [-0.2, 0) is 0 Å². The van der Waals surface area contributed by atoms with Gasteiger partial charge in [-0.3, -0.25) is 0 Å². The van der Waals surface area contributed by atoms with Crippen molar-refractivity contribution in [1.82, 2.24) is 0 Å². The summed E-state index contributed by atoms with van der Waals surface area (Å²) in [6.07, 6.45) is 0. The quantitative estimate of drug-likeness (QED) is 0.712. The monoisotopic (exact) mass is 181 g/mol. The molecular formula is C10H13O3. The van der Waals surface area contributed by atoms with Gasteiger partial charge in [-0.05, 0) is 18.6 Å². The molecule has 0 aromatic heterocycles. The van der Waals surface area contributed by atoms with E-state index in [1.807, 2.05) is 0 Å². The minimum absolute atomic E-state index is 0.645. The molecule has 3 heteroatoms. The number of hydrogen-bond donors (Lipinski definition) is 0. The predicted molar refractivity (Wildman–Crippen MR) is 50.6 cm³/mol. The molecule has 1 aromatic rings. The highest BCUT2D eigenvalue weighted by atomic mass is 16.5. The fraction of sp³-hybridized carbons (Fsp3) is 0.300. The highest BCUT2D eigenvalue weighted by Crippen LogP contribution is 2.33. The van der Waals surface area contributed by atoms with E-state index in [0.717, 1.165) is 5.56 Å². The summed E-state index contributed by atoms with van der Waals surface area (Å²) in [5, 5.41) is 0. The van der Waals surface area contributed by atoms with Crippen LogP contribution in [0.2, 0.25) is 0 Å². The van der Waals surface area contributed by atoms with E-state index >= 15 is 0 Å². The van der Waals surface area contributed by atoms with Gasteiger partial charge in [0.05, 0.1) is 21.3 Å². The maximum Gasteiger partial charge on any atom is 0.164 e. The van der Waals surface area contributed by atoms with Crippen molar-refractivity contribution < 1.29 is 14.2 Å². The molecule has 0 fully saturated rings. The van der Waals surface area contributed by atoms with Crippen molar-refractivity contribution in [2.45, 2.75) is 0 Å². The van der Waals surface area contributed by atoms with Gasteiger partial charge < -0.3 is 14.2 Å². The Morgan fingerprint density at radius 2 is 1.31 bits per heavy atom. The van der Waals surface area contributed by atoms with E-state index in [-0.39, 0.29) is 0 Å². The van der Waals surface area contributed by atoms with Gasteiger partial charge in [-0.1, -0.05) is 0 Å². The van der Waals surface area contributed by atoms with Crippen molar-refractivity contribution >= 4 is 0 Å². The Hall–Kier alpha value is -1.38. The van der Waals surface area contributed by atoms with Gasteiger partial charge in [0.1, 0.15) is 5.75 Å². The molecule has 13 heavy (non-hydrogen) atoms. The van der Waals surface area contributed by atoms with Gasteiger partial charge in [-0.2, -0.15) is 0 Å². The van der Waals surface area contributed by atoms with Gasteiger partial charge in [0.25, 0.3) is 0 Å². The Bertz CT molecular complexity index is 294. The Balaban J connectivity index is 3.18. The van der Waals surface area contributed by atoms with Crippen LogP contribution in [0.3, 0.4) is 0 Å². The van der Waals surface area contributed by atoms with E-state index in [0.29, 0.717) is 17.2 Å². The number of rotatable bonds is 3. The summed E-state index contributed by atoms with van der Waals surface area (Å²) >= 11 is 0. The molecular weight excluding hydrogens is 168 g/mol. The molecule has 1 rings (SSSR count). The first-order chi connectivity index (χ1) is 6.22. The van der Waals surface area contributed by atoms with E-state index in [2.05, 4.69) is 6.92 Å². The lowest BCUT2D eigenvalue weighted by atomic mass is 10.2. The second kappa shape index (κ2) is 4.03. The molecule has 0 saturated carbocycles. The Morgan fingerprint density at radius 1 is 0.846 bits per heavy atom. The average Bonchev–Trinajstić information content (AvgIpc) is 2.17. The predicted octanol–water partition coefficient (Wildman–Crippen LogP) is 1.89. The van der Waals surface area contributed by atoms with Crippen molar-refractivity contribution in [1.29, 1.82) is 0 Å². The molecule has 0 unspecified atom stereocenters. The average molecular weight is 181 g/mol. The largest absolute Gasteiger partial charge is 0.496 e. The first-order valence-electron chi connectivity index (χ1n) is 3.85. The fourth-order valence-corrected chi connectivity index (χ4v) is 1.09. The maximum atomic E-state index is 5.10. The summed E-state index contributed by atoms with van der Waals surface area (Å²) in [4.78, 5) is 0. The van der Waals surface area contributed by atoms with Crippen LogP contribution < -0.4 is 14.2 Å². The molecule has 71 valence electrons. The van der Waals surface area contributed by atoms with Crippen LogP contribution in [0.15, 0.2) is 12.1 Å². The highest BCUT2D eigenvalue weighted by molar-refractivity contribution is 5.51. The standard InChI is InChI=1S/C10H13O3/c1-7-5-9(12-3)10(13-4)6-8(7)11-2/h5-6H,1H2,2-4H3. The van der Waals surface area contributed by atoms with Gasteiger partial charge in [-0.15, -0.1) is 0 Å². The van der Waals surface area contributed by atoms with Crippen LogP contribution in [0.25, 0.3) is 0 Å². The smallest absolute Gasteiger partial charge is 0.164 e. The second-order valence-corrected chi connectivity index (χ2v) is 2.52. The lowest BCUT2D eigenvalue weighted by molar-refractivity contribution is 0.348. The molecule has 0 aliphatic heterocycles. The molecule has 0 aliphatic rings. The molecule has 3 nitrogen and oxygen atoms in total. The number of benzene rings is 1. The first kappa shape index (κ1) is 9.71. The summed E-state index contributed by atoms with van der Waals surface area (Å²) in [6, 6.07) is 3.53. The summed E-state index contributed by atoms with van der Waals surface area (Å²) in [5.41, 5.74) is 0.778. The first-order valence-corrected chi connectivity index (χ1v) is 3.85. The Labute approximate surface area is 78.2 Å². The van der Waals surface area contributed by atoms with E-state index in [1.54, 1.807) is 33.5 Å². The van der Waals surface area contributed by atoms with Gasteiger partial charge in [0.15, 0.2) is 11.5 Å². The topological polar surface area (TPSA) is 27.7 Å². The zero-order valence-corrected chi connectivity index (χ0v) is 8.09. The molecule has 0 heterocycles. The summed E-state index contributed by atoms with van der Waals surface area (Å²) in [7, 11) is 4.76. The lowest BCUT2D eigenvalue weighted by Gasteiger charge is -2.11. The molecule has 0 saturated heterocycles. The molecule has 1 aromatic carbocycles.